The van der Waals surface area contributed by atoms with E-state index in [4.69, 9.17) is 9.84 Å². The van der Waals surface area contributed by atoms with Crippen LogP contribution in [0.25, 0.3) is 0 Å². The summed E-state index contributed by atoms with van der Waals surface area (Å²) < 4.78 is 5.66. The van der Waals surface area contributed by atoms with Crippen molar-refractivity contribution < 1.29 is 19.4 Å². The summed E-state index contributed by atoms with van der Waals surface area (Å²) in [6.45, 7) is 4.62. The number of carbonyl (C=O) groups excluding carboxylic acids is 1. The Morgan fingerprint density at radius 1 is 1.40 bits per heavy atom. The highest BCUT2D eigenvalue weighted by Gasteiger charge is 2.28. The molecule has 1 unspecified atom stereocenters. The maximum Gasteiger partial charge on any atom is 0.307 e. The molecule has 1 amide bonds. The van der Waals surface area contributed by atoms with Crippen LogP contribution in [0, 0.1) is 5.92 Å². The lowest BCUT2D eigenvalue weighted by Gasteiger charge is -2.15. The van der Waals surface area contributed by atoms with Crippen molar-refractivity contribution in [3.05, 3.63) is 29.8 Å². The van der Waals surface area contributed by atoms with Gasteiger partial charge in [0.2, 0.25) is 5.91 Å². The first-order valence-corrected chi connectivity index (χ1v) is 8.52. The molecule has 1 aliphatic rings. The number of nitrogens with one attached hydrogen (secondary N) is 1. The molecule has 0 spiro atoms. The number of benzene rings is 1. The van der Waals surface area contributed by atoms with Crippen molar-refractivity contribution in [2.75, 3.05) is 26.2 Å². The number of carboxylic acids is 1. The number of hydrogen-bond acceptors (Lipinski definition) is 4. The molecule has 1 heterocycles. The van der Waals surface area contributed by atoms with Gasteiger partial charge in [-0.15, -0.1) is 12.4 Å². The number of rotatable bonds is 9. The SMILES string of the molecule is CCCCOc1cccc(CNC(=O)CN2CCC(C(=O)O)C2)c1.Cl. The highest BCUT2D eigenvalue weighted by Crippen LogP contribution is 2.16. The van der Waals surface area contributed by atoms with Gasteiger partial charge >= 0.3 is 5.97 Å². The predicted octanol–water partition coefficient (Wildman–Crippen LogP) is 2.31. The maximum atomic E-state index is 12.0. The number of ether oxygens (including phenoxy) is 1. The van der Waals surface area contributed by atoms with Crippen LogP contribution in [0.5, 0.6) is 5.75 Å². The van der Waals surface area contributed by atoms with Crippen LogP contribution in [-0.2, 0) is 16.1 Å². The number of likely N-dealkylation sites (tertiary alicyclic amines) is 1. The maximum absolute atomic E-state index is 12.0. The standard InChI is InChI=1S/C18H26N2O4.ClH/c1-2-3-9-24-16-6-4-5-14(10-16)11-19-17(21)13-20-8-7-15(12-20)18(22)23;/h4-6,10,15H,2-3,7-9,11-13H2,1H3,(H,19,21)(H,22,23);1H. The van der Waals surface area contributed by atoms with Crippen molar-refractivity contribution in [3.8, 4) is 5.75 Å². The van der Waals surface area contributed by atoms with Crippen LogP contribution in [-0.4, -0.2) is 48.1 Å². The van der Waals surface area contributed by atoms with E-state index in [9.17, 15) is 9.59 Å². The molecule has 6 nitrogen and oxygen atoms in total. The van der Waals surface area contributed by atoms with Crippen LogP contribution >= 0.6 is 12.4 Å². The minimum Gasteiger partial charge on any atom is -0.494 e. The fraction of sp³-hybridized carbons (Fsp3) is 0.556. The topological polar surface area (TPSA) is 78.9 Å². The summed E-state index contributed by atoms with van der Waals surface area (Å²) in [5.41, 5.74) is 0.988. The summed E-state index contributed by atoms with van der Waals surface area (Å²) >= 11 is 0. The first-order chi connectivity index (χ1) is 11.6. The van der Waals surface area contributed by atoms with Crippen molar-refractivity contribution in [2.24, 2.45) is 5.92 Å². The molecule has 1 atom stereocenters. The first-order valence-electron chi connectivity index (χ1n) is 8.52. The van der Waals surface area contributed by atoms with Crippen LogP contribution in [0.3, 0.4) is 0 Å². The number of aliphatic carboxylic acids is 1. The molecule has 1 saturated heterocycles. The number of carbonyl (C=O) groups is 2. The van der Waals surface area contributed by atoms with E-state index in [0.29, 0.717) is 32.7 Å². The Labute approximate surface area is 154 Å². The molecule has 1 fully saturated rings. The van der Waals surface area contributed by atoms with E-state index in [0.717, 1.165) is 24.2 Å². The molecule has 2 rings (SSSR count). The van der Waals surface area contributed by atoms with Gasteiger partial charge in [-0.3, -0.25) is 14.5 Å². The van der Waals surface area contributed by atoms with E-state index in [2.05, 4.69) is 12.2 Å². The van der Waals surface area contributed by atoms with Crippen molar-refractivity contribution in [1.29, 1.82) is 0 Å². The summed E-state index contributed by atoms with van der Waals surface area (Å²) in [5, 5.41) is 11.9. The molecular formula is C18H27ClN2O4. The molecule has 25 heavy (non-hydrogen) atoms. The van der Waals surface area contributed by atoms with Crippen LogP contribution < -0.4 is 10.1 Å². The highest BCUT2D eigenvalue weighted by atomic mass is 35.5. The Hall–Kier alpha value is -1.79. The number of hydrogen-bond donors (Lipinski definition) is 2. The zero-order valence-electron chi connectivity index (χ0n) is 14.6. The first kappa shape index (κ1) is 21.3. The van der Waals surface area contributed by atoms with Gasteiger partial charge in [-0.1, -0.05) is 25.5 Å². The third-order valence-electron chi connectivity index (χ3n) is 4.14. The van der Waals surface area contributed by atoms with Gasteiger partial charge < -0.3 is 15.2 Å². The van der Waals surface area contributed by atoms with E-state index in [1.807, 2.05) is 29.2 Å². The molecule has 1 aromatic carbocycles. The summed E-state index contributed by atoms with van der Waals surface area (Å²) in [6, 6.07) is 7.72. The molecular weight excluding hydrogens is 344 g/mol. The van der Waals surface area contributed by atoms with Crippen LogP contribution in [0.4, 0.5) is 0 Å². The molecule has 0 radical (unpaired) electrons. The van der Waals surface area contributed by atoms with Crippen molar-refractivity contribution >= 4 is 24.3 Å². The number of halogens is 1. The van der Waals surface area contributed by atoms with E-state index >= 15 is 0 Å². The molecule has 0 saturated carbocycles. The molecule has 7 heteroatoms. The van der Waals surface area contributed by atoms with Gasteiger partial charge in [0.05, 0.1) is 19.1 Å². The van der Waals surface area contributed by atoms with Gasteiger partial charge in [-0.2, -0.15) is 0 Å². The van der Waals surface area contributed by atoms with Gasteiger partial charge in [0.25, 0.3) is 0 Å². The Balaban J connectivity index is 0.00000312. The number of unbranched alkanes of at least 4 members (excludes halogenated alkanes) is 1. The van der Waals surface area contributed by atoms with Gasteiger partial charge in [-0.05, 0) is 37.1 Å². The molecule has 0 aliphatic carbocycles. The van der Waals surface area contributed by atoms with Gasteiger partial charge in [0, 0.05) is 13.1 Å². The second kappa shape index (κ2) is 10.9. The second-order valence-corrected chi connectivity index (χ2v) is 6.19. The summed E-state index contributed by atoms with van der Waals surface area (Å²) in [6.07, 6.45) is 2.73. The normalized spacial score (nSPS) is 16.9. The van der Waals surface area contributed by atoms with E-state index in [-0.39, 0.29) is 30.8 Å². The fourth-order valence-corrected chi connectivity index (χ4v) is 2.72. The highest BCUT2D eigenvalue weighted by molar-refractivity contribution is 5.85. The fourth-order valence-electron chi connectivity index (χ4n) is 2.72. The lowest BCUT2D eigenvalue weighted by atomic mass is 10.1. The summed E-state index contributed by atoms with van der Waals surface area (Å²) in [4.78, 5) is 24.8. The molecule has 0 bridgehead atoms. The largest absolute Gasteiger partial charge is 0.494 e. The quantitative estimate of drug-likeness (QED) is 0.652. The number of amides is 1. The summed E-state index contributed by atoms with van der Waals surface area (Å²) in [5.74, 6) is -0.398. The Kier molecular flexibility index (Phi) is 9.31. The lowest BCUT2D eigenvalue weighted by molar-refractivity contribution is -0.141. The molecule has 2 N–H and O–H groups in total. The second-order valence-electron chi connectivity index (χ2n) is 6.19. The zero-order chi connectivity index (χ0) is 17.4. The van der Waals surface area contributed by atoms with Crippen LogP contribution in [0.2, 0.25) is 0 Å². The van der Waals surface area contributed by atoms with Crippen LogP contribution in [0.1, 0.15) is 31.7 Å². The predicted molar refractivity (Wildman–Crippen MR) is 98.1 cm³/mol. The molecule has 140 valence electrons. The Morgan fingerprint density at radius 3 is 2.88 bits per heavy atom. The van der Waals surface area contributed by atoms with Crippen molar-refractivity contribution in [2.45, 2.75) is 32.7 Å². The molecule has 1 aliphatic heterocycles. The Bertz CT molecular complexity index is 568. The van der Waals surface area contributed by atoms with Crippen LogP contribution in [0.15, 0.2) is 24.3 Å². The van der Waals surface area contributed by atoms with Gasteiger partial charge in [-0.25, -0.2) is 0 Å². The van der Waals surface area contributed by atoms with Gasteiger partial charge in [0.1, 0.15) is 5.75 Å². The molecule has 0 aromatic heterocycles. The average molecular weight is 371 g/mol. The van der Waals surface area contributed by atoms with Gasteiger partial charge in [0.15, 0.2) is 0 Å². The third kappa shape index (κ3) is 7.32. The smallest absolute Gasteiger partial charge is 0.307 e. The van der Waals surface area contributed by atoms with E-state index in [1.165, 1.54) is 0 Å². The number of carboxylic acid groups (broad SMARTS) is 1. The van der Waals surface area contributed by atoms with E-state index < -0.39 is 5.97 Å². The third-order valence-corrected chi connectivity index (χ3v) is 4.14. The molecule has 1 aromatic rings. The monoisotopic (exact) mass is 370 g/mol. The lowest BCUT2D eigenvalue weighted by Crippen LogP contribution is -2.36. The van der Waals surface area contributed by atoms with Crippen molar-refractivity contribution in [3.63, 3.8) is 0 Å². The minimum atomic E-state index is -0.780. The number of nitrogens with zero attached hydrogens (tertiary/aromatic N) is 1. The van der Waals surface area contributed by atoms with E-state index in [1.54, 1.807) is 0 Å². The zero-order valence-corrected chi connectivity index (χ0v) is 15.4. The van der Waals surface area contributed by atoms with Crippen molar-refractivity contribution in [1.82, 2.24) is 10.2 Å². The Morgan fingerprint density at radius 2 is 2.20 bits per heavy atom. The summed E-state index contributed by atoms with van der Waals surface area (Å²) in [7, 11) is 0. The average Bonchev–Trinajstić information content (AvgIpc) is 3.02. The minimum absolute atomic E-state index is 0.